The molecule has 142 valence electrons. The molecule has 2 rings (SSSR count). The molecule has 27 heavy (non-hydrogen) atoms. The van der Waals surface area contributed by atoms with Crippen molar-refractivity contribution in [3.05, 3.63) is 56.4 Å². The van der Waals surface area contributed by atoms with Crippen LogP contribution in [0.2, 0.25) is 0 Å². The Hall–Kier alpha value is -3.49. The number of nitrogens with one attached hydrogen (secondary N) is 1. The number of nitrogens with two attached hydrogens (primary N) is 1. The molecule has 0 bridgehead atoms. The number of carbonyl (C=O) groups is 2. The first-order chi connectivity index (χ1) is 12.6. The highest BCUT2D eigenvalue weighted by molar-refractivity contribution is 6.24. The maximum atomic E-state index is 12.2. The fourth-order valence-electron chi connectivity index (χ4n) is 2.53. The topological polar surface area (TPSA) is 137 Å². The molecule has 1 amide bonds. The van der Waals surface area contributed by atoms with Gasteiger partial charge in [0, 0.05) is 5.69 Å². The SMILES string of the molecule is CCOC(=O)NC1=C([N+](=O)[O-])C(=Nc2cc(C)c(N)cc2C)C(C)=CC1=O. The van der Waals surface area contributed by atoms with E-state index in [-0.39, 0.29) is 12.3 Å². The number of benzene rings is 1. The van der Waals surface area contributed by atoms with Crippen LogP contribution in [0.3, 0.4) is 0 Å². The molecule has 0 radical (unpaired) electrons. The second-order valence-electron chi connectivity index (χ2n) is 5.97. The van der Waals surface area contributed by atoms with Crippen molar-refractivity contribution >= 4 is 29.0 Å². The number of nitro groups is 1. The summed E-state index contributed by atoms with van der Waals surface area (Å²) in [5.74, 6) is -0.698. The molecule has 9 nitrogen and oxygen atoms in total. The molecule has 0 aliphatic heterocycles. The zero-order valence-electron chi connectivity index (χ0n) is 15.5. The summed E-state index contributed by atoms with van der Waals surface area (Å²) in [6.07, 6.45) is 0.236. The van der Waals surface area contributed by atoms with E-state index >= 15 is 0 Å². The lowest BCUT2D eigenvalue weighted by molar-refractivity contribution is -0.416. The third-order valence-electron chi connectivity index (χ3n) is 3.93. The summed E-state index contributed by atoms with van der Waals surface area (Å²) in [7, 11) is 0. The average Bonchev–Trinajstić information content (AvgIpc) is 2.56. The molecular formula is C18H20N4O5. The Morgan fingerprint density at radius 3 is 2.56 bits per heavy atom. The zero-order chi connectivity index (χ0) is 20.3. The maximum absolute atomic E-state index is 12.2. The highest BCUT2D eigenvalue weighted by Gasteiger charge is 2.35. The molecule has 0 fully saturated rings. The number of ether oxygens (including phenoxy) is 1. The monoisotopic (exact) mass is 372 g/mol. The molecular weight excluding hydrogens is 352 g/mol. The van der Waals surface area contributed by atoms with Crippen LogP contribution in [-0.4, -0.2) is 29.1 Å². The second-order valence-corrected chi connectivity index (χ2v) is 5.97. The standard InChI is InChI=1S/C18H20N4O5/c1-5-27-18(24)21-16-14(23)8-11(4)15(17(16)22(25)26)20-13-7-9(2)12(19)6-10(13)3/h6-8H,5,19H2,1-4H3,(H,21,24). The lowest BCUT2D eigenvalue weighted by atomic mass is 9.97. The van der Waals surface area contributed by atoms with E-state index in [0.717, 1.165) is 11.1 Å². The van der Waals surface area contributed by atoms with Crippen LogP contribution in [0.1, 0.15) is 25.0 Å². The first-order valence-corrected chi connectivity index (χ1v) is 8.16. The molecule has 3 N–H and O–H groups in total. The predicted molar refractivity (Wildman–Crippen MR) is 100 cm³/mol. The lowest BCUT2D eigenvalue weighted by Crippen LogP contribution is -2.34. The van der Waals surface area contributed by atoms with Gasteiger partial charge in [-0.25, -0.2) is 9.79 Å². The average molecular weight is 372 g/mol. The van der Waals surface area contributed by atoms with Gasteiger partial charge in [-0.2, -0.15) is 0 Å². The molecule has 0 aromatic heterocycles. The Kier molecular flexibility index (Phi) is 5.74. The van der Waals surface area contributed by atoms with Crippen LogP contribution in [0.15, 0.2) is 40.2 Å². The van der Waals surface area contributed by atoms with Crippen molar-refractivity contribution in [2.45, 2.75) is 27.7 Å². The van der Waals surface area contributed by atoms with Gasteiger partial charge in [-0.1, -0.05) is 0 Å². The normalized spacial score (nSPS) is 15.6. The Labute approximate surface area is 155 Å². The van der Waals surface area contributed by atoms with Crippen molar-refractivity contribution in [3.8, 4) is 0 Å². The molecule has 0 heterocycles. The molecule has 0 saturated carbocycles. The van der Waals surface area contributed by atoms with Crippen LogP contribution in [0.25, 0.3) is 0 Å². The van der Waals surface area contributed by atoms with E-state index < -0.39 is 28.2 Å². The van der Waals surface area contributed by atoms with Crippen molar-refractivity contribution in [2.24, 2.45) is 4.99 Å². The van der Waals surface area contributed by atoms with Gasteiger partial charge in [-0.05, 0) is 62.6 Å². The van der Waals surface area contributed by atoms with Crippen molar-refractivity contribution in [1.82, 2.24) is 5.32 Å². The number of aliphatic imine (C=N–C) groups is 1. The van der Waals surface area contributed by atoms with Gasteiger partial charge in [-0.3, -0.25) is 20.2 Å². The number of allylic oxidation sites excluding steroid dienone is 2. The highest BCUT2D eigenvalue weighted by Crippen LogP contribution is 2.28. The number of alkyl carbamates (subject to hydrolysis) is 1. The quantitative estimate of drug-likeness (QED) is 0.361. The Morgan fingerprint density at radius 2 is 1.96 bits per heavy atom. The number of anilines is 1. The number of rotatable bonds is 4. The van der Waals surface area contributed by atoms with Gasteiger partial charge in [0.1, 0.15) is 5.71 Å². The fourth-order valence-corrected chi connectivity index (χ4v) is 2.53. The van der Waals surface area contributed by atoms with Gasteiger partial charge in [0.2, 0.25) is 5.78 Å². The smallest absolute Gasteiger partial charge is 0.411 e. The van der Waals surface area contributed by atoms with Crippen molar-refractivity contribution < 1.29 is 19.2 Å². The minimum Gasteiger partial charge on any atom is -0.450 e. The molecule has 9 heteroatoms. The summed E-state index contributed by atoms with van der Waals surface area (Å²) < 4.78 is 4.72. The van der Waals surface area contributed by atoms with Crippen molar-refractivity contribution in [1.29, 1.82) is 0 Å². The number of hydrogen-bond acceptors (Lipinski definition) is 7. The van der Waals surface area contributed by atoms with Gasteiger partial charge in [-0.15, -0.1) is 0 Å². The molecule has 0 atom stereocenters. The van der Waals surface area contributed by atoms with E-state index in [1.54, 1.807) is 39.8 Å². The van der Waals surface area contributed by atoms with E-state index in [9.17, 15) is 19.7 Å². The van der Waals surface area contributed by atoms with Gasteiger partial charge >= 0.3 is 11.8 Å². The van der Waals surface area contributed by atoms with Crippen molar-refractivity contribution in [2.75, 3.05) is 12.3 Å². The number of nitrogens with zero attached hydrogens (tertiary/aromatic N) is 2. The summed E-state index contributed by atoms with van der Waals surface area (Å²) in [6, 6.07) is 3.42. The number of aryl methyl sites for hydroxylation is 2. The third kappa shape index (κ3) is 4.20. The largest absolute Gasteiger partial charge is 0.450 e. The fraction of sp³-hybridized carbons (Fsp3) is 0.278. The minimum atomic E-state index is -0.952. The number of ketones is 1. The van der Waals surface area contributed by atoms with E-state index in [0.29, 0.717) is 16.9 Å². The van der Waals surface area contributed by atoms with Crippen LogP contribution in [0.5, 0.6) is 0 Å². The first-order valence-electron chi connectivity index (χ1n) is 8.16. The third-order valence-corrected chi connectivity index (χ3v) is 3.93. The van der Waals surface area contributed by atoms with Crippen LogP contribution in [0.4, 0.5) is 16.2 Å². The molecule has 0 saturated heterocycles. The summed E-state index contributed by atoms with van der Waals surface area (Å²) >= 11 is 0. The Balaban J connectivity index is 2.65. The Bertz CT molecular complexity index is 928. The molecule has 1 aliphatic carbocycles. The Morgan fingerprint density at radius 1 is 1.30 bits per heavy atom. The molecule has 0 spiro atoms. The van der Waals surface area contributed by atoms with Gasteiger partial charge < -0.3 is 10.5 Å². The number of amides is 1. The van der Waals surface area contributed by atoms with Crippen LogP contribution in [0, 0.1) is 24.0 Å². The van der Waals surface area contributed by atoms with E-state index in [4.69, 9.17) is 10.5 Å². The van der Waals surface area contributed by atoms with Gasteiger partial charge in [0.25, 0.3) is 0 Å². The summed E-state index contributed by atoms with van der Waals surface area (Å²) in [4.78, 5) is 39.3. The lowest BCUT2D eigenvalue weighted by Gasteiger charge is -2.15. The molecule has 1 aromatic carbocycles. The number of hydrogen-bond donors (Lipinski definition) is 2. The summed E-state index contributed by atoms with van der Waals surface area (Å²) in [5, 5.41) is 13.8. The molecule has 1 aromatic rings. The van der Waals surface area contributed by atoms with Crippen LogP contribution >= 0.6 is 0 Å². The second kappa shape index (κ2) is 7.81. The van der Waals surface area contributed by atoms with E-state index in [2.05, 4.69) is 10.3 Å². The predicted octanol–water partition coefficient (Wildman–Crippen LogP) is 2.72. The number of carbonyl (C=O) groups excluding carboxylic acids is 2. The van der Waals surface area contributed by atoms with Gasteiger partial charge in [0.05, 0.1) is 17.2 Å². The van der Waals surface area contributed by atoms with E-state index in [1.165, 1.54) is 6.08 Å². The highest BCUT2D eigenvalue weighted by atomic mass is 16.6. The number of nitrogen functional groups attached to an aromatic ring is 1. The zero-order valence-corrected chi connectivity index (χ0v) is 15.5. The van der Waals surface area contributed by atoms with Gasteiger partial charge in [0.15, 0.2) is 5.70 Å². The molecule has 1 aliphatic rings. The molecule has 0 unspecified atom stereocenters. The van der Waals surface area contributed by atoms with Crippen LogP contribution < -0.4 is 11.1 Å². The first kappa shape index (κ1) is 19.8. The van der Waals surface area contributed by atoms with Crippen LogP contribution in [-0.2, 0) is 9.53 Å². The minimum absolute atomic E-state index is 0.0151. The van der Waals surface area contributed by atoms with Crippen molar-refractivity contribution in [3.63, 3.8) is 0 Å². The maximum Gasteiger partial charge on any atom is 0.411 e. The summed E-state index contributed by atoms with van der Waals surface area (Å²) in [5.41, 5.74) is 7.65. The summed E-state index contributed by atoms with van der Waals surface area (Å²) in [6.45, 7) is 6.75. The van der Waals surface area contributed by atoms with E-state index in [1.807, 2.05) is 0 Å².